The number of pyridine rings is 1. The Hall–Kier alpha value is -2.09. The van der Waals surface area contributed by atoms with Gasteiger partial charge < -0.3 is 10.0 Å². The Morgan fingerprint density at radius 3 is 2.60 bits per heavy atom. The van der Waals surface area contributed by atoms with Gasteiger partial charge in [0.05, 0.1) is 5.56 Å². The van der Waals surface area contributed by atoms with E-state index in [0.29, 0.717) is 30.0 Å². The van der Waals surface area contributed by atoms with Gasteiger partial charge >= 0.3 is 6.09 Å². The van der Waals surface area contributed by atoms with Gasteiger partial charge in [-0.2, -0.15) is 5.26 Å². The molecule has 0 atom stereocenters. The molecular weight excluding hydrogens is 254 g/mol. The Kier molecular flexibility index (Phi) is 3.09. The van der Waals surface area contributed by atoms with E-state index in [2.05, 4.69) is 11.1 Å². The lowest BCUT2D eigenvalue weighted by atomic mass is 9.57. The first-order valence-electron chi connectivity index (χ1n) is 6.96. The maximum atomic E-state index is 10.9. The van der Waals surface area contributed by atoms with Crippen molar-refractivity contribution in [2.24, 2.45) is 5.41 Å². The zero-order valence-corrected chi connectivity index (χ0v) is 11.2. The van der Waals surface area contributed by atoms with Gasteiger partial charge in [0.1, 0.15) is 6.07 Å². The van der Waals surface area contributed by atoms with Crippen LogP contribution in [0.1, 0.15) is 42.9 Å². The van der Waals surface area contributed by atoms with Crippen LogP contribution in [0, 0.1) is 16.7 Å². The van der Waals surface area contributed by atoms with Crippen molar-refractivity contribution in [2.75, 3.05) is 13.1 Å². The Morgan fingerprint density at radius 1 is 1.40 bits per heavy atom. The summed E-state index contributed by atoms with van der Waals surface area (Å²) in [6.07, 6.45) is 4.95. The molecule has 1 aromatic heterocycles. The van der Waals surface area contributed by atoms with Crippen LogP contribution in [-0.4, -0.2) is 34.2 Å². The SMILES string of the molecule is N#Cc1ccc(C2CC3(CCN(C(=O)O)CC3)C2)nc1. The highest BCUT2D eigenvalue weighted by atomic mass is 16.4. The molecule has 1 amide bonds. The molecule has 5 nitrogen and oxygen atoms in total. The predicted octanol–water partition coefficient (Wildman–Crippen LogP) is 2.59. The second-order valence-electron chi connectivity index (χ2n) is 5.96. The Balaban J connectivity index is 1.58. The molecule has 1 aliphatic heterocycles. The summed E-state index contributed by atoms with van der Waals surface area (Å²) in [5.74, 6) is 0.471. The molecule has 0 aromatic carbocycles. The average molecular weight is 271 g/mol. The zero-order valence-electron chi connectivity index (χ0n) is 11.2. The number of aromatic nitrogens is 1. The van der Waals surface area contributed by atoms with Crippen LogP contribution in [0.4, 0.5) is 4.79 Å². The molecule has 104 valence electrons. The molecule has 3 rings (SSSR count). The summed E-state index contributed by atoms with van der Waals surface area (Å²) in [5.41, 5.74) is 1.99. The number of hydrogen-bond acceptors (Lipinski definition) is 3. The molecule has 1 N–H and O–H groups in total. The van der Waals surface area contributed by atoms with E-state index in [4.69, 9.17) is 10.4 Å². The third kappa shape index (κ3) is 2.22. The van der Waals surface area contributed by atoms with Gasteiger partial charge in [-0.05, 0) is 43.2 Å². The molecule has 2 aliphatic rings. The first-order chi connectivity index (χ1) is 9.62. The number of rotatable bonds is 1. The molecule has 0 unspecified atom stereocenters. The van der Waals surface area contributed by atoms with Gasteiger partial charge in [-0.15, -0.1) is 0 Å². The van der Waals surface area contributed by atoms with Crippen LogP contribution in [0.15, 0.2) is 18.3 Å². The van der Waals surface area contributed by atoms with Crippen LogP contribution in [0.25, 0.3) is 0 Å². The van der Waals surface area contributed by atoms with Gasteiger partial charge in [0.2, 0.25) is 0 Å². The lowest BCUT2D eigenvalue weighted by molar-refractivity contribution is 0.0178. The van der Waals surface area contributed by atoms with Crippen LogP contribution >= 0.6 is 0 Å². The number of carbonyl (C=O) groups is 1. The van der Waals surface area contributed by atoms with E-state index in [0.717, 1.165) is 31.4 Å². The summed E-state index contributed by atoms with van der Waals surface area (Å²) in [4.78, 5) is 16.8. The van der Waals surface area contributed by atoms with E-state index in [1.807, 2.05) is 12.1 Å². The van der Waals surface area contributed by atoms with Crippen molar-refractivity contribution in [3.05, 3.63) is 29.6 Å². The highest BCUT2D eigenvalue weighted by Crippen LogP contribution is 2.56. The zero-order chi connectivity index (χ0) is 14.2. The maximum Gasteiger partial charge on any atom is 0.407 e. The number of carboxylic acid groups (broad SMARTS) is 1. The number of nitrogens with zero attached hydrogens (tertiary/aromatic N) is 3. The number of amides is 1. The third-order valence-corrected chi connectivity index (χ3v) is 4.79. The van der Waals surface area contributed by atoms with E-state index in [-0.39, 0.29) is 0 Å². The average Bonchev–Trinajstić information content (AvgIpc) is 2.45. The third-order valence-electron chi connectivity index (χ3n) is 4.79. The second kappa shape index (κ2) is 4.78. The number of piperidine rings is 1. The number of nitriles is 1. The first kappa shape index (κ1) is 12.9. The molecule has 1 aliphatic carbocycles. The molecule has 1 saturated heterocycles. The molecular formula is C15H17N3O2. The summed E-state index contributed by atoms with van der Waals surface area (Å²) < 4.78 is 0. The van der Waals surface area contributed by atoms with Crippen LogP contribution in [0.5, 0.6) is 0 Å². The fourth-order valence-electron chi connectivity index (χ4n) is 3.49. The van der Waals surface area contributed by atoms with E-state index < -0.39 is 6.09 Å². The quantitative estimate of drug-likeness (QED) is 0.851. The van der Waals surface area contributed by atoms with Crippen molar-refractivity contribution in [1.29, 1.82) is 5.26 Å². The van der Waals surface area contributed by atoms with Crippen molar-refractivity contribution < 1.29 is 9.90 Å². The molecule has 0 bridgehead atoms. The van der Waals surface area contributed by atoms with E-state index in [9.17, 15) is 4.79 Å². The van der Waals surface area contributed by atoms with Gasteiger partial charge in [0.25, 0.3) is 0 Å². The number of likely N-dealkylation sites (tertiary alicyclic amines) is 1. The van der Waals surface area contributed by atoms with Crippen LogP contribution < -0.4 is 0 Å². The summed E-state index contributed by atoms with van der Waals surface area (Å²) in [7, 11) is 0. The van der Waals surface area contributed by atoms with Crippen LogP contribution in [0.2, 0.25) is 0 Å². The molecule has 1 aromatic rings. The van der Waals surface area contributed by atoms with E-state index in [1.54, 1.807) is 6.20 Å². The van der Waals surface area contributed by atoms with Gasteiger partial charge in [0, 0.05) is 30.9 Å². The summed E-state index contributed by atoms with van der Waals surface area (Å²) in [5, 5.41) is 17.7. The van der Waals surface area contributed by atoms with Crippen LogP contribution in [0.3, 0.4) is 0 Å². The standard InChI is InChI=1S/C15H17N3O2/c16-9-11-1-2-13(17-10-11)12-7-15(8-12)3-5-18(6-4-15)14(19)20/h1-2,10,12H,3-8H2,(H,19,20). The molecule has 1 saturated carbocycles. The summed E-state index contributed by atoms with van der Waals surface area (Å²) in [6.45, 7) is 1.31. The minimum Gasteiger partial charge on any atom is -0.465 e. The van der Waals surface area contributed by atoms with Crippen molar-refractivity contribution in [2.45, 2.75) is 31.6 Å². The number of hydrogen-bond donors (Lipinski definition) is 1. The van der Waals surface area contributed by atoms with Crippen molar-refractivity contribution in [3.63, 3.8) is 0 Å². The molecule has 2 heterocycles. The Labute approximate surface area is 117 Å². The van der Waals surface area contributed by atoms with Gasteiger partial charge in [-0.1, -0.05) is 0 Å². The summed E-state index contributed by atoms with van der Waals surface area (Å²) in [6, 6.07) is 5.84. The Morgan fingerprint density at radius 2 is 2.10 bits per heavy atom. The van der Waals surface area contributed by atoms with Crippen LogP contribution in [-0.2, 0) is 0 Å². The van der Waals surface area contributed by atoms with Gasteiger partial charge in [-0.3, -0.25) is 4.98 Å². The lowest BCUT2D eigenvalue weighted by Crippen LogP contribution is -2.47. The fourth-order valence-corrected chi connectivity index (χ4v) is 3.49. The van der Waals surface area contributed by atoms with Crippen molar-refractivity contribution in [3.8, 4) is 6.07 Å². The Bertz CT molecular complexity index is 545. The highest BCUT2D eigenvalue weighted by molar-refractivity contribution is 5.65. The topological polar surface area (TPSA) is 77.2 Å². The van der Waals surface area contributed by atoms with Gasteiger partial charge in [-0.25, -0.2) is 4.79 Å². The van der Waals surface area contributed by atoms with Crippen molar-refractivity contribution >= 4 is 6.09 Å². The van der Waals surface area contributed by atoms with Gasteiger partial charge in [0.15, 0.2) is 0 Å². The minimum absolute atomic E-state index is 0.326. The molecule has 20 heavy (non-hydrogen) atoms. The second-order valence-corrected chi connectivity index (χ2v) is 5.96. The van der Waals surface area contributed by atoms with Crippen molar-refractivity contribution in [1.82, 2.24) is 9.88 Å². The molecule has 5 heteroatoms. The largest absolute Gasteiger partial charge is 0.465 e. The monoisotopic (exact) mass is 271 g/mol. The van der Waals surface area contributed by atoms with E-state index in [1.165, 1.54) is 4.90 Å². The maximum absolute atomic E-state index is 10.9. The fraction of sp³-hybridized carbons (Fsp3) is 0.533. The normalized spacial score (nSPS) is 21.2. The highest BCUT2D eigenvalue weighted by Gasteiger charge is 2.47. The molecule has 1 spiro atoms. The minimum atomic E-state index is -0.801. The lowest BCUT2D eigenvalue weighted by Gasteiger charge is -2.51. The predicted molar refractivity (Wildman–Crippen MR) is 72.2 cm³/mol. The van der Waals surface area contributed by atoms with E-state index >= 15 is 0 Å². The molecule has 2 fully saturated rings. The smallest absolute Gasteiger partial charge is 0.407 e. The first-order valence-corrected chi connectivity index (χ1v) is 6.96. The summed E-state index contributed by atoms with van der Waals surface area (Å²) >= 11 is 0. The molecule has 0 radical (unpaired) electrons.